The van der Waals surface area contributed by atoms with Crippen LogP contribution in [0.2, 0.25) is 0 Å². The average Bonchev–Trinajstić information content (AvgIpc) is 3.44. The Morgan fingerprint density at radius 3 is 2.60 bits per heavy atom. The fourth-order valence-electron chi connectivity index (χ4n) is 4.45. The third-order valence-electron chi connectivity index (χ3n) is 6.27. The van der Waals surface area contributed by atoms with Gasteiger partial charge in [-0.25, -0.2) is 9.97 Å². The highest BCUT2D eigenvalue weighted by Crippen LogP contribution is 2.36. The smallest absolute Gasteiger partial charge is 0.311 e. The molecular weight excluding hydrogens is 440 g/mol. The first-order chi connectivity index (χ1) is 17.1. The Morgan fingerprint density at radius 2 is 1.80 bits per heavy atom. The molecular formula is C28H30N4O3. The quantitative estimate of drug-likeness (QED) is 0.237. The molecule has 0 amide bonds. The Kier molecular flexibility index (Phi) is 6.40. The number of ether oxygens (including phenoxy) is 2. The topological polar surface area (TPSA) is 70.7 Å². The van der Waals surface area contributed by atoms with Crippen molar-refractivity contribution in [1.29, 1.82) is 0 Å². The lowest BCUT2D eigenvalue weighted by Crippen LogP contribution is -2.07. The highest BCUT2D eigenvalue weighted by Gasteiger charge is 2.23. The minimum atomic E-state index is -0.249. The highest BCUT2D eigenvalue weighted by atomic mass is 16.5. The molecule has 0 bridgehead atoms. The van der Waals surface area contributed by atoms with E-state index in [9.17, 15) is 4.79 Å². The van der Waals surface area contributed by atoms with Crippen LogP contribution in [0.5, 0.6) is 11.5 Å². The second-order valence-corrected chi connectivity index (χ2v) is 8.73. The maximum atomic E-state index is 12.7. The van der Waals surface area contributed by atoms with Crippen LogP contribution in [-0.2, 0) is 11.2 Å². The Labute approximate surface area is 204 Å². The van der Waals surface area contributed by atoms with Crippen molar-refractivity contribution in [3.05, 3.63) is 60.6 Å². The van der Waals surface area contributed by atoms with Crippen molar-refractivity contribution in [2.75, 3.05) is 7.11 Å². The van der Waals surface area contributed by atoms with Crippen molar-refractivity contribution in [2.45, 2.75) is 52.4 Å². The molecule has 0 aliphatic carbocycles. The summed E-state index contributed by atoms with van der Waals surface area (Å²) in [5.41, 5.74) is 4.23. The van der Waals surface area contributed by atoms with Crippen molar-refractivity contribution in [2.24, 2.45) is 0 Å². The van der Waals surface area contributed by atoms with Crippen LogP contribution in [0.4, 0.5) is 0 Å². The Hall–Kier alpha value is -3.87. The van der Waals surface area contributed by atoms with Crippen LogP contribution >= 0.6 is 0 Å². The summed E-state index contributed by atoms with van der Waals surface area (Å²) in [7, 11) is 1.65. The van der Waals surface area contributed by atoms with Gasteiger partial charge in [-0.15, -0.1) is 0 Å². The third kappa shape index (κ3) is 4.22. The van der Waals surface area contributed by atoms with Gasteiger partial charge >= 0.3 is 5.97 Å². The Balaban J connectivity index is 1.81. The molecule has 3 heterocycles. The van der Waals surface area contributed by atoms with E-state index in [1.54, 1.807) is 7.11 Å². The first kappa shape index (κ1) is 22.9. The number of aryl methyl sites for hydroxylation is 1. The largest absolute Gasteiger partial charge is 0.497 e. The molecule has 35 heavy (non-hydrogen) atoms. The minimum Gasteiger partial charge on any atom is -0.497 e. The number of unbranched alkanes of at least 4 members (excludes halogenated alkanes) is 2. The number of methoxy groups -OCH3 is 1. The number of esters is 1. The SMILES string of the molecule is CCCCC(=O)Oc1cn(-c2cccc(OC)c2)c2nc(CCCC)n3c4ccccc4nc3c12. The minimum absolute atomic E-state index is 0.249. The van der Waals surface area contributed by atoms with Crippen molar-refractivity contribution in [3.8, 4) is 17.2 Å². The van der Waals surface area contributed by atoms with E-state index >= 15 is 0 Å². The molecule has 0 unspecified atom stereocenters. The summed E-state index contributed by atoms with van der Waals surface area (Å²) < 4.78 is 15.5. The summed E-state index contributed by atoms with van der Waals surface area (Å²) >= 11 is 0. The van der Waals surface area contributed by atoms with Gasteiger partial charge in [0.15, 0.2) is 17.0 Å². The van der Waals surface area contributed by atoms with Crippen LogP contribution < -0.4 is 9.47 Å². The number of hydrogen-bond donors (Lipinski definition) is 0. The van der Waals surface area contributed by atoms with Crippen LogP contribution in [0.15, 0.2) is 54.7 Å². The molecule has 7 heteroatoms. The average molecular weight is 471 g/mol. The fraction of sp³-hybridized carbons (Fsp3) is 0.321. The number of carbonyl (C=O) groups excluding carboxylic acids is 1. The first-order valence-corrected chi connectivity index (χ1v) is 12.3. The Morgan fingerprint density at radius 1 is 0.971 bits per heavy atom. The van der Waals surface area contributed by atoms with Crippen LogP contribution in [0.3, 0.4) is 0 Å². The van der Waals surface area contributed by atoms with Gasteiger partial charge in [-0.3, -0.25) is 13.8 Å². The van der Waals surface area contributed by atoms with E-state index in [2.05, 4.69) is 24.3 Å². The summed E-state index contributed by atoms with van der Waals surface area (Å²) in [6, 6.07) is 15.8. The molecule has 5 aromatic rings. The van der Waals surface area contributed by atoms with Gasteiger partial charge in [0.25, 0.3) is 0 Å². The van der Waals surface area contributed by atoms with E-state index < -0.39 is 0 Å². The van der Waals surface area contributed by atoms with E-state index in [-0.39, 0.29) is 5.97 Å². The molecule has 0 saturated heterocycles. The molecule has 0 atom stereocenters. The predicted molar refractivity (Wildman–Crippen MR) is 138 cm³/mol. The highest BCUT2D eigenvalue weighted by molar-refractivity contribution is 6.01. The van der Waals surface area contributed by atoms with Crippen LogP contribution in [0.1, 0.15) is 51.8 Å². The summed E-state index contributed by atoms with van der Waals surface area (Å²) in [6.45, 7) is 4.23. The molecule has 0 aliphatic rings. The van der Waals surface area contributed by atoms with Crippen molar-refractivity contribution in [3.63, 3.8) is 0 Å². The number of carbonyl (C=O) groups is 1. The van der Waals surface area contributed by atoms with Gasteiger partial charge in [0.2, 0.25) is 0 Å². The molecule has 0 radical (unpaired) electrons. The number of benzene rings is 2. The van der Waals surface area contributed by atoms with Gasteiger partial charge in [0.05, 0.1) is 30.0 Å². The maximum Gasteiger partial charge on any atom is 0.311 e. The predicted octanol–water partition coefficient (Wildman–Crippen LogP) is 6.27. The lowest BCUT2D eigenvalue weighted by atomic mass is 10.2. The molecule has 0 fully saturated rings. The monoisotopic (exact) mass is 470 g/mol. The molecule has 0 saturated carbocycles. The Bertz CT molecular complexity index is 1520. The van der Waals surface area contributed by atoms with Gasteiger partial charge in [-0.2, -0.15) is 0 Å². The van der Waals surface area contributed by atoms with Gasteiger partial charge in [-0.1, -0.05) is 44.9 Å². The molecule has 3 aromatic heterocycles. The molecule has 7 nitrogen and oxygen atoms in total. The zero-order valence-electron chi connectivity index (χ0n) is 20.5. The van der Waals surface area contributed by atoms with E-state index in [0.29, 0.717) is 17.8 Å². The van der Waals surface area contributed by atoms with Gasteiger partial charge < -0.3 is 9.47 Å². The van der Waals surface area contributed by atoms with E-state index in [1.165, 1.54) is 0 Å². The number of fused-ring (bicyclic) bond motifs is 5. The number of imidazole rings is 1. The number of rotatable bonds is 9. The number of hydrogen-bond acceptors (Lipinski definition) is 5. The van der Waals surface area contributed by atoms with Crippen molar-refractivity contribution in [1.82, 2.24) is 18.9 Å². The lowest BCUT2D eigenvalue weighted by molar-refractivity contribution is -0.134. The summed E-state index contributed by atoms with van der Waals surface area (Å²) in [5, 5.41) is 0.731. The van der Waals surface area contributed by atoms with E-state index in [4.69, 9.17) is 19.4 Å². The summed E-state index contributed by atoms with van der Waals surface area (Å²) in [4.78, 5) is 22.8. The van der Waals surface area contributed by atoms with E-state index in [0.717, 1.165) is 71.4 Å². The summed E-state index contributed by atoms with van der Waals surface area (Å²) in [6.07, 6.45) is 6.83. The van der Waals surface area contributed by atoms with Gasteiger partial charge in [0, 0.05) is 18.9 Å². The molecule has 0 N–H and O–H groups in total. The molecule has 180 valence electrons. The van der Waals surface area contributed by atoms with Crippen molar-refractivity contribution >= 4 is 33.7 Å². The first-order valence-electron chi connectivity index (χ1n) is 12.3. The zero-order valence-corrected chi connectivity index (χ0v) is 20.5. The van der Waals surface area contributed by atoms with Crippen LogP contribution in [0.25, 0.3) is 33.4 Å². The maximum absolute atomic E-state index is 12.7. The molecule has 0 spiro atoms. The van der Waals surface area contributed by atoms with E-state index in [1.807, 2.05) is 53.2 Å². The molecule has 5 rings (SSSR count). The normalized spacial score (nSPS) is 11.5. The second kappa shape index (κ2) is 9.78. The molecule has 0 aliphatic heterocycles. The van der Waals surface area contributed by atoms with Crippen LogP contribution in [0, 0.1) is 0 Å². The number of nitrogens with zero attached hydrogens (tertiary/aromatic N) is 4. The van der Waals surface area contributed by atoms with Gasteiger partial charge in [0.1, 0.15) is 17.0 Å². The zero-order chi connectivity index (χ0) is 24.4. The second-order valence-electron chi connectivity index (χ2n) is 8.73. The number of aromatic nitrogens is 4. The lowest BCUT2D eigenvalue weighted by Gasteiger charge is -2.10. The van der Waals surface area contributed by atoms with Gasteiger partial charge in [-0.05, 0) is 37.1 Å². The standard InChI is InChI=1S/C28H30N4O3/c1-4-6-15-24-30-27-26(28-29-21-13-8-9-14-22(21)32(24)28)23(35-25(33)16-7-5-2)18-31(27)19-11-10-12-20(17-19)34-3/h8-14,17-18H,4-7,15-16H2,1-3H3. The molecule has 2 aromatic carbocycles. The number of para-hydroxylation sites is 2. The summed E-state index contributed by atoms with van der Waals surface area (Å²) in [5.74, 6) is 1.90. The van der Waals surface area contributed by atoms with Crippen molar-refractivity contribution < 1.29 is 14.3 Å². The third-order valence-corrected chi connectivity index (χ3v) is 6.27. The van der Waals surface area contributed by atoms with Crippen LogP contribution in [-0.4, -0.2) is 32.0 Å². The fourth-order valence-corrected chi connectivity index (χ4v) is 4.45.